The Balaban J connectivity index is 1.42. The van der Waals surface area contributed by atoms with Gasteiger partial charge in [-0.3, -0.25) is 0 Å². The number of hydrogen-bond donors (Lipinski definition) is 2. The lowest BCUT2D eigenvalue weighted by molar-refractivity contribution is 0.0794. The van der Waals surface area contributed by atoms with Crippen molar-refractivity contribution in [3.8, 4) is 0 Å². The lowest BCUT2D eigenvalue weighted by Crippen LogP contribution is -2.52. The first-order valence-electron chi connectivity index (χ1n) is 8.73. The largest absolute Gasteiger partial charge is 0.376 e. The zero-order chi connectivity index (χ0) is 16.1. The summed E-state index contributed by atoms with van der Waals surface area (Å²) < 4.78 is 5.70. The van der Waals surface area contributed by atoms with E-state index in [-0.39, 0.29) is 24.2 Å². The summed E-state index contributed by atoms with van der Waals surface area (Å²) in [7, 11) is 0. The molecule has 0 spiro atoms. The predicted octanol–water partition coefficient (Wildman–Crippen LogP) is 2.97. The van der Waals surface area contributed by atoms with Crippen molar-refractivity contribution in [1.29, 1.82) is 0 Å². The molecule has 1 aromatic rings. The second-order valence-corrected chi connectivity index (χ2v) is 7.32. The van der Waals surface area contributed by atoms with Crippen molar-refractivity contribution in [2.75, 3.05) is 24.6 Å². The van der Waals surface area contributed by atoms with Gasteiger partial charge in [-0.1, -0.05) is 6.92 Å². The fourth-order valence-corrected chi connectivity index (χ4v) is 4.25. The number of urea groups is 1. The van der Waals surface area contributed by atoms with Gasteiger partial charge >= 0.3 is 6.03 Å². The smallest absolute Gasteiger partial charge is 0.315 e. The van der Waals surface area contributed by atoms with Crippen molar-refractivity contribution in [3.63, 3.8) is 0 Å². The van der Waals surface area contributed by atoms with Gasteiger partial charge in [0.25, 0.3) is 0 Å². The Morgan fingerprint density at radius 3 is 2.87 bits per heavy atom. The first-order valence-corrected chi connectivity index (χ1v) is 9.61. The minimum atomic E-state index is -0.0399. The van der Waals surface area contributed by atoms with E-state index in [9.17, 15) is 4.79 Å². The molecule has 0 aliphatic carbocycles. The predicted molar refractivity (Wildman–Crippen MR) is 94.3 cm³/mol. The van der Waals surface area contributed by atoms with Crippen LogP contribution < -0.4 is 15.5 Å². The Bertz CT molecular complexity index is 480. The molecule has 2 aliphatic rings. The minimum Gasteiger partial charge on any atom is -0.376 e. The summed E-state index contributed by atoms with van der Waals surface area (Å²) in [5, 5.41) is 9.70. The lowest BCUT2D eigenvalue weighted by atomic mass is 10.0. The first kappa shape index (κ1) is 16.6. The standard InChI is InChI=1S/C17H27N3O2S/c1-2-14(15-5-3-11-22-15)19-17(21)18-13-7-9-20(10-8-13)16-6-4-12-23-16/h4,6,12-15H,2-3,5,7-11H2,1H3,(H2,18,19,21). The van der Waals surface area contributed by atoms with Crippen molar-refractivity contribution in [3.05, 3.63) is 17.5 Å². The second-order valence-electron chi connectivity index (χ2n) is 6.40. The van der Waals surface area contributed by atoms with Gasteiger partial charge in [0.2, 0.25) is 0 Å². The molecule has 2 unspecified atom stereocenters. The highest BCUT2D eigenvalue weighted by molar-refractivity contribution is 7.14. The number of nitrogens with zero attached hydrogens (tertiary/aromatic N) is 1. The maximum Gasteiger partial charge on any atom is 0.315 e. The van der Waals surface area contributed by atoms with Crippen molar-refractivity contribution in [1.82, 2.24) is 10.6 Å². The van der Waals surface area contributed by atoms with E-state index in [2.05, 4.69) is 40.0 Å². The Hall–Kier alpha value is -1.27. The van der Waals surface area contributed by atoms with Gasteiger partial charge in [-0.2, -0.15) is 0 Å². The third-order valence-corrected chi connectivity index (χ3v) is 5.75. The molecule has 3 heterocycles. The van der Waals surface area contributed by atoms with E-state index in [0.29, 0.717) is 0 Å². The van der Waals surface area contributed by atoms with Crippen LogP contribution >= 0.6 is 11.3 Å². The fourth-order valence-electron chi connectivity index (χ4n) is 3.47. The van der Waals surface area contributed by atoms with Gasteiger partial charge in [0, 0.05) is 25.7 Å². The number of rotatable bonds is 5. The summed E-state index contributed by atoms with van der Waals surface area (Å²) >= 11 is 1.78. The number of carbonyl (C=O) groups excluding carboxylic acids is 1. The molecule has 2 saturated heterocycles. The minimum absolute atomic E-state index is 0.0399. The monoisotopic (exact) mass is 337 g/mol. The maximum atomic E-state index is 12.3. The molecule has 2 fully saturated rings. The van der Waals surface area contributed by atoms with E-state index >= 15 is 0 Å². The van der Waals surface area contributed by atoms with Crippen molar-refractivity contribution in [2.45, 2.75) is 57.2 Å². The molecule has 2 aliphatic heterocycles. The molecule has 6 heteroatoms. The van der Waals surface area contributed by atoms with E-state index in [1.807, 2.05) is 0 Å². The molecule has 1 aromatic heterocycles. The van der Waals surface area contributed by atoms with Gasteiger partial charge < -0.3 is 20.3 Å². The molecular formula is C17H27N3O2S. The zero-order valence-corrected chi connectivity index (χ0v) is 14.6. The van der Waals surface area contributed by atoms with Crippen LogP contribution in [0.5, 0.6) is 0 Å². The maximum absolute atomic E-state index is 12.3. The van der Waals surface area contributed by atoms with Crippen LogP contribution in [0.4, 0.5) is 9.80 Å². The van der Waals surface area contributed by atoms with Crippen LogP contribution in [0.15, 0.2) is 17.5 Å². The highest BCUT2D eigenvalue weighted by Gasteiger charge is 2.27. The van der Waals surface area contributed by atoms with Crippen LogP contribution in [0.3, 0.4) is 0 Å². The topological polar surface area (TPSA) is 53.6 Å². The highest BCUT2D eigenvalue weighted by Crippen LogP contribution is 2.24. The molecule has 23 heavy (non-hydrogen) atoms. The number of carbonyl (C=O) groups is 1. The van der Waals surface area contributed by atoms with Crippen LogP contribution in [-0.4, -0.2) is 43.9 Å². The lowest BCUT2D eigenvalue weighted by Gasteiger charge is -2.33. The fraction of sp³-hybridized carbons (Fsp3) is 0.706. The number of thiophene rings is 1. The summed E-state index contributed by atoms with van der Waals surface area (Å²) in [5.74, 6) is 0. The van der Waals surface area contributed by atoms with Crippen molar-refractivity contribution in [2.24, 2.45) is 0 Å². The number of ether oxygens (including phenoxy) is 1. The summed E-state index contributed by atoms with van der Waals surface area (Å²) in [5.41, 5.74) is 0. The van der Waals surface area contributed by atoms with Crippen LogP contribution in [0.1, 0.15) is 39.0 Å². The van der Waals surface area contributed by atoms with Gasteiger partial charge in [0.05, 0.1) is 17.1 Å². The van der Waals surface area contributed by atoms with Gasteiger partial charge in [-0.25, -0.2) is 4.79 Å². The normalized spacial score (nSPS) is 23.7. The molecule has 128 valence electrons. The van der Waals surface area contributed by atoms with Crippen LogP contribution in [0.25, 0.3) is 0 Å². The third-order valence-electron chi connectivity index (χ3n) is 4.82. The molecule has 0 bridgehead atoms. The van der Waals surface area contributed by atoms with Gasteiger partial charge in [-0.15, -0.1) is 11.3 Å². The molecule has 2 atom stereocenters. The summed E-state index contributed by atoms with van der Waals surface area (Å²) in [6.45, 7) is 4.95. The summed E-state index contributed by atoms with van der Waals surface area (Å²) in [4.78, 5) is 14.7. The van der Waals surface area contributed by atoms with E-state index in [4.69, 9.17) is 4.74 Å². The number of anilines is 1. The highest BCUT2D eigenvalue weighted by atomic mass is 32.1. The number of nitrogens with one attached hydrogen (secondary N) is 2. The Kier molecular flexibility index (Phi) is 5.78. The van der Waals surface area contributed by atoms with E-state index in [1.165, 1.54) is 5.00 Å². The second kappa shape index (κ2) is 8.02. The first-order chi connectivity index (χ1) is 11.3. The van der Waals surface area contributed by atoms with Crippen LogP contribution in [0, 0.1) is 0 Å². The molecular weight excluding hydrogens is 310 g/mol. The molecule has 0 aromatic carbocycles. The van der Waals surface area contributed by atoms with Gasteiger partial charge in [0.15, 0.2) is 0 Å². The number of hydrogen-bond acceptors (Lipinski definition) is 4. The molecule has 2 N–H and O–H groups in total. The van der Waals surface area contributed by atoms with Crippen molar-refractivity contribution >= 4 is 22.4 Å². The zero-order valence-electron chi connectivity index (χ0n) is 13.8. The quantitative estimate of drug-likeness (QED) is 0.868. The Labute approximate surface area is 142 Å². The summed E-state index contributed by atoms with van der Waals surface area (Å²) in [6, 6.07) is 4.62. The van der Waals surface area contributed by atoms with E-state index in [0.717, 1.165) is 51.8 Å². The third kappa shape index (κ3) is 4.38. The SMILES string of the molecule is CCC(NC(=O)NC1CCN(c2cccs2)CC1)C1CCCO1. The number of piperidine rings is 1. The Morgan fingerprint density at radius 2 is 2.26 bits per heavy atom. The molecule has 0 radical (unpaired) electrons. The van der Waals surface area contributed by atoms with Crippen LogP contribution in [-0.2, 0) is 4.74 Å². The number of amides is 2. The average Bonchev–Trinajstić information content (AvgIpc) is 3.26. The van der Waals surface area contributed by atoms with Crippen molar-refractivity contribution < 1.29 is 9.53 Å². The summed E-state index contributed by atoms with van der Waals surface area (Å²) in [6.07, 6.45) is 5.26. The van der Waals surface area contributed by atoms with E-state index in [1.54, 1.807) is 11.3 Å². The molecule has 2 amide bonds. The average molecular weight is 337 g/mol. The molecule has 5 nitrogen and oxygen atoms in total. The van der Waals surface area contributed by atoms with Gasteiger partial charge in [0.1, 0.15) is 0 Å². The van der Waals surface area contributed by atoms with Crippen LogP contribution in [0.2, 0.25) is 0 Å². The molecule has 3 rings (SSSR count). The Morgan fingerprint density at radius 1 is 1.43 bits per heavy atom. The van der Waals surface area contributed by atoms with Gasteiger partial charge in [-0.05, 0) is 49.6 Å². The van der Waals surface area contributed by atoms with E-state index < -0.39 is 0 Å². The molecule has 0 saturated carbocycles.